The van der Waals surface area contributed by atoms with Crippen molar-refractivity contribution in [2.45, 2.75) is 23.6 Å². The van der Waals surface area contributed by atoms with Gasteiger partial charge in [0.25, 0.3) is 10.0 Å². The average molecular weight is 461 g/mol. The number of ether oxygens (including phenoxy) is 1. The van der Waals surface area contributed by atoms with E-state index in [1.165, 1.54) is 24.3 Å². The van der Waals surface area contributed by atoms with Crippen LogP contribution in [0.3, 0.4) is 0 Å². The summed E-state index contributed by atoms with van der Waals surface area (Å²) in [4.78, 5) is 11.4. The summed E-state index contributed by atoms with van der Waals surface area (Å²) in [5.41, 5.74) is 0.680. The van der Waals surface area contributed by atoms with Gasteiger partial charge in [-0.05, 0) is 50.2 Å². The Bertz CT molecular complexity index is 1130. The van der Waals surface area contributed by atoms with Crippen molar-refractivity contribution in [3.8, 4) is 0 Å². The smallest absolute Gasteiger partial charge is 0.338 e. The molecule has 11 heteroatoms. The molecule has 2 aromatic carbocycles. The van der Waals surface area contributed by atoms with Crippen LogP contribution < -0.4 is 10.0 Å². The number of carbonyl (C=O) groups excluding carboxylic acids is 1. The second-order valence-electron chi connectivity index (χ2n) is 5.98. The summed E-state index contributed by atoms with van der Waals surface area (Å²) >= 11 is 6.02. The van der Waals surface area contributed by atoms with E-state index in [9.17, 15) is 21.6 Å². The van der Waals surface area contributed by atoms with Crippen LogP contribution in [0.25, 0.3) is 0 Å². The molecule has 0 aliphatic heterocycles. The first-order chi connectivity index (χ1) is 13.5. The Morgan fingerprint density at radius 2 is 1.72 bits per heavy atom. The maximum atomic E-state index is 12.9. The molecular weight excluding hydrogens is 440 g/mol. The summed E-state index contributed by atoms with van der Waals surface area (Å²) in [5.74, 6) is -0.604. The predicted octanol–water partition coefficient (Wildman–Crippen LogP) is 3.15. The lowest BCUT2D eigenvalue weighted by Crippen LogP contribution is -2.16. The number of halogens is 1. The number of carbonyl (C=O) groups is 1. The van der Waals surface area contributed by atoms with Crippen LogP contribution in [0.5, 0.6) is 0 Å². The Morgan fingerprint density at radius 3 is 2.31 bits per heavy atom. The molecule has 29 heavy (non-hydrogen) atoms. The van der Waals surface area contributed by atoms with Crippen molar-refractivity contribution in [2.75, 3.05) is 29.4 Å². The van der Waals surface area contributed by atoms with Gasteiger partial charge in [-0.3, -0.25) is 4.72 Å². The number of anilines is 2. The van der Waals surface area contributed by atoms with E-state index >= 15 is 0 Å². The first-order valence-corrected chi connectivity index (χ1v) is 12.3. The van der Waals surface area contributed by atoms with E-state index < -0.39 is 30.7 Å². The van der Waals surface area contributed by atoms with Crippen molar-refractivity contribution in [2.24, 2.45) is 0 Å². The van der Waals surface area contributed by atoms with Gasteiger partial charge in [-0.15, -0.1) is 0 Å². The predicted molar refractivity (Wildman–Crippen MR) is 112 cm³/mol. The Labute approximate surface area is 175 Å². The number of nitrogens with one attached hydrogen (secondary N) is 2. The lowest BCUT2D eigenvalue weighted by molar-refractivity contribution is 0.0526. The minimum Gasteiger partial charge on any atom is -0.462 e. The molecule has 0 aliphatic carbocycles. The van der Waals surface area contributed by atoms with Gasteiger partial charge in [-0.1, -0.05) is 11.6 Å². The lowest BCUT2D eigenvalue weighted by atomic mass is 10.1. The van der Waals surface area contributed by atoms with E-state index in [0.29, 0.717) is 12.2 Å². The maximum Gasteiger partial charge on any atom is 0.338 e. The fourth-order valence-corrected chi connectivity index (χ4v) is 4.75. The molecule has 0 spiro atoms. The van der Waals surface area contributed by atoms with Crippen molar-refractivity contribution in [3.63, 3.8) is 0 Å². The Hall–Kier alpha value is -2.30. The zero-order chi connectivity index (χ0) is 21.8. The van der Waals surface area contributed by atoms with E-state index in [4.69, 9.17) is 16.3 Å². The molecule has 0 atom stereocenters. The van der Waals surface area contributed by atoms with Crippen molar-refractivity contribution >= 4 is 48.8 Å². The van der Waals surface area contributed by atoms with E-state index in [2.05, 4.69) is 10.0 Å². The van der Waals surface area contributed by atoms with Gasteiger partial charge in [-0.25, -0.2) is 21.6 Å². The molecule has 0 aliphatic rings. The van der Waals surface area contributed by atoms with Crippen LogP contribution >= 0.6 is 11.6 Å². The number of rotatable bonds is 8. The normalized spacial score (nSPS) is 11.7. The zero-order valence-corrected chi connectivity index (χ0v) is 18.4. The topological polar surface area (TPSA) is 119 Å². The number of hydrogen-bond acceptors (Lipinski definition) is 7. The summed E-state index contributed by atoms with van der Waals surface area (Å²) in [5, 5.41) is 2.85. The Balaban J connectivity index is 2.54. The highest BCUT2D eigenvalue weighted by Gasteiger charge is 2.23. The molecule has 0 aromatic heterocycles. The molecule has 0 heterocycles. The molecule has 0 bridgehead atoms. The number of sulfonamides is 1. The van der Waals surface area contributed by atoms with Gasteiger partial charge < -0.3 is 10.1 Å². The summed E-state index contributed by atoms with van der Waals surface area (Å²) in [6, 6.07) is 7.80. The summed E-state index contributed by atoms with van der Waals surface area (Å²) in [6.45, 7) is 4.15. The van der Waals surface area contributed by atoms with Crippen molar-refractivity contribution in [1.82, 2.24) is 0 Å². The molecule has 0 fully saturated rings. The molecule has 8 nitrogen and oxygen atoms in total. The molecule has 2 aromatic rings. The Morgan fingerprint density at radius 1 is 1.03 bits per heavy atom. The summed E-state index contributed by atoms with van der Waals surface area (Å²) < 4.78 is 56.7. The maximum absolute atomic E-state index is 12.9. The molecule has 2 N–H and O–H groups in total. The molecule has 0 saturated carbocycles. The second kappa shape index (κ2) is 9.02. The van der Waals surface area contributed by atoms with Crippen LogP contribution in [-0.2, 0) is 24.6 Å². The molecule has 0 amide bonds. The van der Waals surface area contributed by atoms with Crippen LogP contribution in [0.15, 0.2) is 46.2 Å². The highest BCUT2D eigenvalue weighted by atomic mass is 35.5. The largest absolute Gasteiger partial charge is 0.462 e. The van der Waals surface area contributed by atoms with E-state index in [1.54, 1.807) is 13.0 Å². The molecule has 2 rings (SSSR count). The minimum atomic E-state index is -4.26. The second-order valence-corrected chi connectivity index (χ2v) is 10.1. The van der Waals surface area contributed by atoms with Crippen LogP contribution in [0.4, 0.5) is 11.4 Å². The van der Waals surface area contributed by atoms with Gasteiger partial charge in [0.2, 0.25) is 0 Å². The molecular formula is C18H21ClN2O6S2. The van der Waals surface area contributed by atoms with Gasteiger partial charge in [0.1, 0.15) is 4.90 Å². The highest BCUT2D eigenvalue weighted by Crippen LogP contribution is 2.30. The van der Waals surface area contributed by atoms with Crippen molar-refractivity contribution < 1.29 is 26.4 Å². The monoisotopic (exact) mass is 460 g/mol. The number of benzene rings is 2. The molecule has 0 radical (unpaired) electrons. The van der Waals surface area contributed by atoms with Gasteiger partial charge in [0, 0.05) is 12.8 Å². The third-order valence-corrected chi connectivity index (χ3v) is 6.72. The zero-order valence-electron chi connectivity index (χ0n) is 16.0. The van der Waals surface area contributed by atoms with Crippen LogP contribution in [0.1, 0.15) is 24.2 Å². The van der Waals surface area contributed by atoms with Gasteiger partial charge in [0.15, 0.2) is 9.84 Å². The fraction of sp³-hybridized carbons (Fsp3) is 0.278. The average Bonchev–Trinajstić information content (AvgIpc) is 2.62. The third kappa shape index (κ3) is 5.62. The lowest BCUT2D eigenvalue weighted by Gasteiger charge is -2.16. The van der Waals surface area contributed by atoms with Crippen molar-refractivity contribution in [3.05, 3.63) is 47.0 Å². The molecule has 158 valence electrons. The minimum absolute atomic E-state index is 0.0956. The first kappa shape index (κ1) is 23.0. The third-order valence-electron chi connectivity index (χ3n) is 3.76. The Kier molecular flexibility index (Phi) is 7.15. The number of esters is 1. The van der Waals surface area contributed by atoms with Gasteiger partial charge >= 0.3 is 5.97 Å². The van der Waals surface area contributed by atoms with Gasteiger partial charge in [0.05, 0.1) is 33.5 Å². The summed E-state index contributed by atoms with van der Waals surface area (Å²) in [7, 11) is -7.90. The quantitative estimate of drug-likeness (QED) is 0.580. The fourth-order valence-electron chi connectivity index (χ4n) is 2.43. The molecule has 0 unspecified atom stereocenters. The molecule has 0 saturated heterocycles. The summed E-state index contributed by atoms with van der Waals surface area (Å²) in [6.07, 6.45) is 0.964. The van der Waals surface area contributed by atoms with Crippen LogP contribution in [0, 0.1) is 0 Å². The van der Waals surface area contributed by atoms with E-state index in [-0.39, 0.29) is 27.8 Å². The number of hydrogen-bond donors (Lipinski definition) is 2. The standard InChI is InChI=1S/C18H21ClN2O6S2/c1-4-20-15-9-6-12(18(22)27-5-2)10-16(15)21-29(25,26)17-11-13(28(3,23)24)7-8-14(17)19/h6-11,20-21H,4-5H2,1-3H3. The van der Waals surface area contributed by atoms with Crippen LogP contribution in [0.2, 0.25) is 5.02 Å². The highest BCUT2D eigenvalue weighted by molar-refractivity contribution is 7.93. The SMILES string of the molecule is CCNc1ccc(C(=O)OCC)cc1NS(=O)(=O)c1cc(S(C)(=O)=O)ccc1Cl. The van der Waals surface area contributed by atoms with Crippen molar-refractivity contribution in [1.29, 1.82) is 0 Å². The van der Waals surface area contributed by atoms with E-state index in [0.717, 1.165) is 12.3 Å². The van der Waals surface area contributed by atoms with Gasteiger partial charge in [-0.2, -0.15) is 0 Å². The van der Waals surface area contributed by atoms with E-state index in [1.807, 2.05) is 6.92 Å². The number of sulfone groups is 1. The van der Waals surface area contributed by atoms with Crippen LogP contribution in [-0.4, -0.2) is 42.2 Å². The first-order valence-electron chi connectivity index (χ1n) is 8.57.